The van der Waals surface area contributed by atoms with Crippen molar-refractivity contribution >= 4 is 18.0 Å². The number of methoxy groups -OCH3 is 1. The fraction of sp³-hybridized carbons (Fsp3) is 0.533. The molecule has 0 radical (unpaired) electrons. The summed E-state index contributed by atoms with van der Waals surface area (Å²) in [6, 6.07) is 7.19. The Morgan fingerprint density at radius 2 is 1.95 bits per heavy atom. The Morgan fingerprint density at radius 1 is 1.32 bits per heavy atom. The number of carbonyl (C=O) groups is 1. The average Bonchev–Trinajstić information content (AvgIpc) is 3.01. The Morgan fingerprint density at radius 3 is 2.50 bits per heavy atom. The van der Waals surface area contributed by atoms with Gasteiger partial charge in [-0.1, -0.05) is 13.8 Å². The molecule has 0 saturated carbocycles. The summed E-state index contributed by atoms with van der Waals surface area (Å²) in [5.41, 5.74) is 0.850. The molecule has 1 aliphatic rings. The molecule has 1 saturated heterocycles. The number of amides is 2. The van der Waals surface area contributed by atoms with Crippen LogP contribution < -0.4 is 14.8 Å². The highest BCUT2D eigenvalue weighted by Gasteiger charge is 2.39. The molecule has 0 atom stereocenters. The second kappa shape index (κ2) is 7.71. The van der Waals surface area contributed by atoms with Crippen LogP contribution in [0.15, 0.2) is 24.3 Å². The first-order valence-electron chi connectivity index (χ1n) is 7.18. The van der Waals surface area contributed by atoms with Crippen LogP contribution in [-0.4, -0.2) is 38.1 Å². The van der Waals surface area contributed by atoms with Crippen molar-refractivity contribution in [2.45, 2.75) is 24.9 Å². The lowest BCUT2D eigenvalue weighted by molar-refractivity contribution is -0.160. The van der Waals surface area contributed by atoms with E-state index in [1.807, 2.05) is 38.1 Å². The van der Waals surface area contributed by atoms with Gasteiger partial charge in [0, 0.05) is 10.8 Å². The molecule has 0 aromatic heterocycles. The number of ether oxygens (including phenoxy) is 3. The summed E-state index contributed by atoms with van der Waals surface area (Å²) in [7, 11) is 1.62. The van der Waals surface area contributed by atoms with Gasteiger partial charge >= 0.3 is 6.03 Å². The molecule has 22 heavy (non-hydrogen) atoms. The van der Waals surface area contributed by atoms with E-state index in [9.17, 15) is 4.79 Å². The molecule has 2 N–H and O–H groups in total. The van der Waals surface area contributed by atoms with Crippen molar-refractivity contribution in [1.29, 1.82) is 0 Å². The first-order valence-corrected chi connectivity index (χ1v) is 8.05. The van der Waals surface area contributed by atoms with Gasteiger partial charge in [0.25, 0.3) is 0 Å². The molecule has 122 valence electrons. The van der Waals surface area contributed by atoms with Crippen molar-refractivity contribution in [3.8, 4) is 5.75 Å². The van der Waals surface area contributed by atoms with E-state index < -0.39 is 5.79 Å². The zero-order valence-corrected chi connectivity index (χ0v) is 13.9. The SMILES string of the molecule is COc1ccc(C2(CNC(=O)NSC(C)C)OCCO2)cc1. The van der Waals surface area contributed by atoms with E-state index in [2.05, 4.69) is 10.0 Å². The number of hydrogen-bond acceptors (Lipinski definition) is 5. The van der Waals surface area contributed by atoms with E-state index in [4.69, 9.17) is 14.2 Å². The molecule has 0 spiro atoms. The van der Waals surface area contributed by atoms with Crippen molar-refractivity contribution in [3.05, 3.63) is 29.8 Å². The van der Waals surface area contributed by atoms with Crippen molar-refractivity contribution in [2.75, 3.05) is 26.9 Å². The topological polar surface area (TPSA) is 68.8 Å². The fourth-order valence-electron chi connectivity index (χ4n) is 2.07. The summed E-state index contributed by atoms with van der Waals surface area (Å²) in [5, 5.41) is 3.12. The van der Waals surface area contributed by atoms with E-state index in [-0.39, 0.29) is 12.6 Å². The normalized spacial score (nSPS) is 16.5. The molecule has 1 aromatic rings. The maximum atomic E-state index is 11.8. The Balaban J connectivity index is 2.00. The highest BCUT2D eigenvalue weighted by Crippen LogP contribution is 2.32. The van der Waals surface area contributed by atoms with E-state index in [0.29, 0.717) is 18.5 Å². The van der Waals surface area contributed by atoms with Gasteiger partial charge < -0.3 is 19.5 Å². The number of urea groups is 1. The quantitative estimate of drug-likeness (QED) is 0.785. The summed E-state index contributed by atoms with van der Waals surface area (Å²) >= 11 is 1.36. The maximum absolute atomic E-state index is 11.8. The van der Waals surface area contributed by atoms with E-state index in [1.165, 1.54) is 11.9 Å². The summed E-state index contributed by atoms with van der Waals surface area (Å²) < 4.78 is 19.4. The van der Waals surface area contributed by atoms with Crippen molar-refractivity contribution in [2.24, 2.45) is 0 Å². The largest absolute Gasteiger partial charge is 0.497 e. The number of nitrogens with one attached hydrogen (secondary N) is 2. The molecular weight excluding hydrogens is 304 g/mol. The lowest BCUT2D eigenvalue weighted by Gasteiger charge is -2.28. The minimum Gasteiger partial charge on any atom is -0.497 e. The summed E-state index contributed by atoms with van der Waals surface area (Å²) in [4.78, 5) is 11.8. The third-order valence-electron chi connectivity index (χ3n) is 3.15. The zero-order valence-electron chi connectivity index (χ0n) is 13.0. The molecule has 0 bridgehead atoms. The molecule has 1 aromatic carbocycles. The summed E-state index contributed by atoms with van der Waals surface area (Å²) in [5.74, 6) is -0.178. The lowest BCUT2D eigenvalue weighted by atomic mass is 10.1. The minimum atomic E-state index is -0.938. The molecule has 1 heterocycles. The average molecular weight is 326 g/mol. The zero-order chi connectivity index (χ0) is 16.0. The fourth-order valence-corrected chi connectivity index (χ4v) is 2.49. The van der Waals surface area contributed by atoms with Gasteiger partial charge in [0.2, 0.25) is 5.79 Å². The second-order valence-corrected chi connectivity index (χ2v) is 6.51. The lowest BCUT2D eigenvalue weighted by Crippen LogP contribution is -2.44. The third-order valence-corrected chi connectivity index (χ3v) is 3.93. The molecule has 1 aliphatic heterocycles. The highest BCUT2D eigenvalue weighted by atomic mass is 32.2. The molecule has 7 heteroatoms. The van der Waals surface area contributed by atoms with Crippen molar-refractivity contribution < 1.29 is 19.0 Å². The Bertz CT molecular complexity index is 487. The molecule has 2 amide bonds. The van der Waals surface area contributed by atoms with E-state index in [0.717, 1.165) is 11.3 Å². The van der Waals surface area contributed by atoms with Crippen LogP contribution in [0.1, 0.15) is 19.4 Å². The number of carbonyl (C=O) groups excluding carboxylic acids is 1. The van der Waals surface area contributed by atoms with E-state index in [1.54, 1.807) is 7.11 Å². The maximum Gasteiger partial charge on any atom is 0.324 e. The number of hydrogen-bond donors (Lipinski definition) is 2. The molecule has 6 nitrogen and oxygen atoms in total. The van der Waals surface area contributed by atoms with Gasteiger partial charge in [-0.05, 0) is 36.2 Å². The van der Waals surface area contributed by atoms with Crippen LogP contribution in [0.4, 0.5) is 4.79 Å². The monoisotopic (exact) mass is 326 g/mol. The first kappa shape index (κ1) is 16.9. The number of rotatable bonds is 6. The Kier molecular flexibility index (Phi) is 5.93. The summed E-state index contributed by atoms with van der Waals surface area (Å²) in [6.45, 7) is 5.25. The molecule has 0 unspecified atom stereocenters. The van der Waals surface area contributed by atoms with Gasteiger partial charge in [0.05, 0.1) is 26.9 Å². The van der Waals surface area contributed by atoms with Gasteiger partial charge in [0.15, 0.2) is 0 Å². The smallest absolute Gasteiger partial charge is 0.324 e. The van der Waals surface area contributed by atoms with Crippen LogP contribution in [0.3, 0.4) is 0 Å². The first-order chi connectivity index (χ1) is 10.6. The van der Waals surface area contributed by atoms with Crippen LogP contribution in [-0.2, 0) is 15.3 Å². The predicted molar refractivity (Wildman–Crippen MR) is 85.8 cm³/mol. The molecule has 1 fully saturated rings. The standard InChI is InChI=1S/C15H22N2O4S/c1-11(2)22-17-14(18)16-10-15(20-8-9-21-15)12-4-6-13(19-3)7-5-12/h4-7,11H,8-10H2,1-3H3,(H2,16,17,18). The third kappa shape index (κ3) is 4.28. The summed E-state index contributed by atoms with van der Waals surface area (Å²) in [6.07, 6.45) is 0. The van der Waals surface area contributed by atoms with Crippen LogP contribution in [0.5, 0.6) is 5.75 Å². The van der Waals surface area contributed by atoms with Crippen molar-refractivity contribution in [3.63, 3.8) is 0 Å². The molecule has 2 rings (SSSR count). The highest BCUT2D eigenvalue weighted by molar-refractivity contribution is 7.98. The van der Waals surface area contributed by atoms with Crippen molar-refractivity contribution in [1.82, 2.24) is 10.0 Å². The van der Waals surface area contributed by atoms with Gasteiger partial charge in [-0.15, -0.1) is 0 Å². The molecular formula is C15H22N2O4S. The minimum absolute atomic E-state index is 0.240. The van der Waals surface area contributed by atoms with Crippen LogP contribution in [0.25, 0.3) is 0 Å². The van der Waals surface area contributed by atoms with Crippen LogP contribution >= 0.6 is 11.9 Å². The van der Waals surface area contributed by atoms with Crippen LogP contribution in [0.2, 0.25) is 0 Å². The van der Waals surface area contributed by atoms with Gasteiger partial charge in [0.1, 0.15) is 5.75 Å². The molecule has 0 aliphatic carbocycles. The van der Waals surface area contributed by atoms with Gasteiger partial charge in [-0.2, -0.15) is 0 Å². The Hall–Kier alpha value is -1.44. The van der Waals surface area contributed by atoms with Gasteiger partial charge in [-0.3, -0.25) is 4.72 Å². The van der Waals surface area contributed by atoms with Gasteiger partial charge in [-0.25, -0.2) is 4.79 Å². The second-order valence-electron chi connectivity index (χ2n) is 5.13. The van der Waals surface area contributed by atoms with E-state index >= 15 is 0 Å². The Labute approximate surface area is 135 Å². The predicted octanol–water partition coefficient (Wildman–Crippen LogP) is 2.25. The van der Waals surface area contributed by atoms with Crippen LogP contribution in [0, 0.1) is 0 Å². The number of benzene rings is 1.